The van der Waals surface area contributed by atoms with Gasteiger partial charge in [-0.3, -0.25) is 9.69 Å². The second-order valence-electron chi connectivity index (χ2n) is 5.29. The van der Waals surface area contributed by atoms with Gasteiger partial charge in [0.25, 0.3) is 5.91 Å². The molecule has 6 heteroatoms. The smallest absolute Gasteiger partial charge is 0.325 e. The van der Waals surface area contributed by atoms with Crippen LogP contribution in [-0.2, 0) is 4.79 Å². The van der Waals surface area contributed by atoms with Crippen LogP contribution in [0.25, 0.3) is 0 Å². The number of nitrogens with zero attached hydrogens (tertiary/aromatic N) is 1. The molecule has 3 N–H and O–H groups in total. The lowest BCUT2D eigenvalue weighted by Crippen LogP contribution is -2.40. The van der Waals surface area contributed by atoms with Crippen molar-refractivity contribution in [3.8, 4) is 5.75 Å². The predicted molar refractivity (Wildman–Crippen MR) is 75.3 cm³/mol. The molecule has 1 heterocycles. The second kappa shape index (κ2) is 5.40. The molecule has 1 aliphatic rings. The minimum Gasteiger partial charge on any atom is -0.493 e. The van der Waals surface area contributed by atoms with Crippen LogP contribution in [0.4, 0.5) is 10.5 Å². The minimum absolute atomic E-state index is 0.202. The number of urea groups is 1. The van der Waals surface area contributed by atoms with Crippen LogP contribution < -0.4 is 15.8 Å². The molecule has 0 radical (unpaired) electrons. The number of imide groups is 1. The highest BCUT2D eigenvalue weighted by Crippen LogP contribution is 2.17. The zero-order chi connectivity index (χ0) is 14.8. The van der Waals surface area contributed by atoms with E-state index in [0.717, 1.165) is 0 Å². The van der Waals surface area contributed by atoms with E-state index >= 15 is 0 Å². The first-order valence-corrected chi connectivity index (χ1v) is 6.52. The van der Waals surface area contributed by atoms with E-state index in [-0.39, 0.29) is 11.9 Å². The van der Waals surface area contributed by atoms with E-state index in [2.05, 4.69) is 5.32 Å². The van der Waals surface area contributed by atoms with Crippen LogP contribution >= 0.6 is 0 Å². The van der Waals surface area contributed by atoms with Crippen molar-refractivity contribution < 1.29 is 14.3 Å². The standard InChI is InChI=1S/C14H19N3O3/c1-14(2)12(18)17(13(19)16-14)7-4-8-20-11-6-3-5-10(15)9-11/h3,5-6,9H,4,7-8,15H2,1-2H3,(H,16,19). The maximum absolute atomic E-state index is 11.9. The summed E-state index contributed by atoms with van der Waals surface area (Å²) < 4.78 is 5.52. The Morgan fingerprint density at radius 1 is 1.35 bits per heavy atom. The van der Waals surface area contributed by atoms with Gasteiger partial charge in [0.1, 0.15) is 11.3 Å². The summed E-state index contributed by atoms with van der Waals surface area (Å²) in [6.07, 6.45) is 0.573. The number of benzene rings is 1. The van der Waals surface area contributed by atoms with Crippen LogP contribution in [0.3, 0.4) is 0 Å². The summed E-state index contributed by atoms with van der Waals surface area (Å²) in [5.41, 5.74) is 5.47. The van der Waals surface area contributed by atoms with E-state index in [9.17, 15) is 9.59 Å². The van der Waals surface area contributed by atoms with Gasteiger partial charge in [-0.15, -0.1) is 0 Å². The maximum Gasteiger partial charge on any atom is 0.325 e. The number of nitrogens with one attached hydrogen (secondary N) is 1. The quantitative estimate of drug-likeness (QED) is 0.483. The molecule has 0 aliphatic carbocycles. The summed E-state index contributed by atoms with van der Waals surface area (Å²) in [6, 6.07) is 6.79. The zero-order valence-corrected chi connectivity index (χ0v) is 11.7. The molecule has 0 spiro atoms. The van der Waals surface area contributed by atoms with Crippen LogP contribution in [0.1, 0.15) is 20.3 Å². The molecule has 1 aromatic carbocycles. The van der Waals surface area contributed by atoms with Crippen LogP contribution in [0.5, 0.6) is 5.75 Å². The lowest BCUT2D eigenvalue weighted by Gasteiger charge is -2.16. The molecule has 108 valence electrons. The normalized spacial score (nSPS) is 17.2. The van der Waals surface area contributed by atoms with Gasteiger partial charge in [-0.25, -0.2) is 4.79 Å². The third-order valence-corrected chi connectivity index (χ3v) is 3.10. The average Bonchev–Trinajstić information content (AvgIpc) is 2.56. The van der Waals surface area contributed by atoms with Gasteiger partial charge in [0.2, 0.25) is 0 Å². The van der Waals surface area contributed by atoms with Crippen molar-refractivity contribution in [2.75, 3.05) is 18.9 Å². The Hall–Kier alpha value is -2.24. The molecule has 0 saturated carbocycles. The van der Waals surface area contributed by atoms with Gasteiger partial charge in [-0.1, -0.05) is 6.07 Å². The van der Waals surface area contributed by atoms with Crippen LogP contribution in [-0.4, -0.2) is 35.5 Å². The Kier molecular flexibility index (Phi) is 3.83. The fourth-order valence-electron chi connectivity index (χ4n) is 2.04. The van der Waals surface area contributed by atoms with Crippen LogP contribution in [0.15, 0.2) is 24.3 Å². The Labute approximate surface area is 117 Å². The Morgan fingerprint density at radius 2 is 2.10 bits per heavy atom. The van der Waals surface area contributed by atoms with Gasteiger partial charge < -0.3 is 15.8 Å². The van der Waals surface area contributed by atoms with Gasteiger partial charge in [0.05, 0.1) is 6.61 Å². The van der Waals surface area contributed by atoms with Crippen molar-refractivity contribution in [3.05, 3.63) is 24.3 Å². The van der Waals surface area contributed by atoms with Gasteiger partial charge in [-0.2, -0.15) is 0 Å². The summed E-state index contributed by atoms with van der Waals surface area (Å²) in [5, 5.41) is 2.64. The molecular formula is C14H19N3O3. The number of anilines is 1. The highest BCUT2D eigenvalue weighted by atomic mass is 16.5. The second-order valence-corrected chi connectivity index (χ2v) is 5.29. The average molecular weight is 277 g/mol. The molecule has 0 bridgehead atoms. The van der Waals surface area contributed by atoms with Crippen molar-refractivity contribution in [3.63, 3.8) is 0 Å². The number of nitrogens with two attached hydrogens (primary N) is 1. The number of ether oxygens (including phenoxy) is 1. The number of amides is 3. The number of hydrogen-bond acceptors (Lipinski definition) is 4. The van der Waals surface area contributed by atoms with Crippen LogP contribution in [0, 0.1) is 0 Å². The third kappa shape index (κ3) is 3.01. The molecule has 1 aliphatic heterocycles. The number of rotatable bonds is 5. The number of carbonyl (C=O) groups excluding carboxylic acids is 2. The van der Waals surface area contributed by atoms with Crippen molar-refractivity contribution >= 4 is 17.6 Å². The van der Waals surface area contributed by atoms with Crippen molar-refractivity contribution in [2.24, 2.45) is 0 Å². The van der Waals surface area contributed by atoms with E-state index in [1.54, 1.807) is 26.0 Å². The number of hydrogen-bond donors (Lipinski definition) is 2. The van der Waals surface area contributed by atoms with Gasteiger partial charge in [0.15, 0.2) is 0 Å². The topological polar surface area (TPSA) is 84.7 Å². The van der Waals surface area contributed by atoms with Crippen molar-refractivity contribution in [2.45, 2.75) is 25.8 Å². The van der Waals surface area contributed by atoms with Crippen molar-refractivity contribution in [1.82, 2.24) is 10.2 Å². The highest BCUT2D eigenvalue weighted by Gasteiger charge is 2.43. The van der Waals surface area contributed by atoms with E-state index in [1.807, 2.05) is 12.1 Å². The highest BCUT2D eigenvalue weighted by molar-refractivity contribution is 6.06. The predicted octanol–water partition coefficient (Wildman–Crippen LogP) is 1.37. The first-order valence-electron chi connectivity index (χ1n) is 6.52. The fraction of sp³-hybridized carbons (Fsp3) is 0.429. The first kappa shape index (κ1) is 14.2. The largest absolute Gasteiger partial charge is 0.493 e. The van der Waals surface area contributed by atoms with E-state index < -0.39 is 5.54 Å². The molecule has 1 saturated heterocycles. The Balaban J connectivity index is 1.79. The number of carbonyl (C=O) groups is 2. The summed E-state index contributed by atoms with van der Waals surface area (Å²) in [4.78, 5) is 24.8. The molecule has 3 amide bonds. The minimum atomic E-state index is -0.814. The zero-order valence-electron chi connectivity index (χ0n) is 11.7. The lowest BCUT2D eigenvalue weighted by molar-refractivity contribution is -0.130. The van der Waals surface area contributed by atoms with E-state index in [1.165, 1.54) is 4.90 Å². The van der Waals surface area contributed by atoms with Gasteiger partial charge in [0, 0.05) is 18.3 Å². The van der Waals surface area contributed by atoms with E-state index in [0.29, 0.717) is 31.0 Å². The molecule has 2 rings (SSSR count). The fourth-order valence-corrected chi connectivity index (χ4v) is 2.04. The molecule has 0 atom stereocenters. The summed E-state index contributed by atoms with van der Waals surface area (Å²) in [7, 11) is 0. The summed E-state index contributed by atoms with van der Waals surface area (Å²) >= 11 is 0. The lowest BCUT2D eigenvalue weighted by atomic mass is 10.1. The van der Waals surface area contributed by atoms with Gasteiger partial charge >= 0.3 is 6.03 Å². The number of nitrogen functional groups attached to an aromatic ring is 1. The van der Waals surface area contributed by atoms with Gasteiger partial charge in [-0.05, 0) is 32.4 Å². The Morgan fingerprint density at radius 3 is 2.70 bits per heavy atom. The van der Waals surface area contributed by atoms with Crippen molar-refractivity contribution in [1.29, 1.82) is 0 Å². The first-order chi connectivity index (χ1) is 9.40. The molecule has 20 heavy (non-hydrogen) atoms. The monoisotopic (exact) mass is 277 g/mol. The van der Waals surface area contributed by atoms with E-state index in [4.69, 9.17) is 10.5 Å². The third-order valence-electron chi connectivity index (χ3n) is 3.10. The van der Waals surface area contributed by atoms with Crippen LogP contribution in [0.2, 0.25) is 0 Å². The molecule has 1 aromatic rings. The molecular weight excluding hydrogens is 258 g/mol. The SMILES string of the molecule is CC1(C)NC(=O)N(CCCOc2cccc(N)c2)C1=O. The molecule has 1 fully saturated rings. The molecule has 0 aromatic heterocycles. The molecule has 0 unspecified atom stereocenters. The molecule has 6 nitrogen and oxygen atoms in total. The summed E-state index contributed by atoms with van der Waals surface area (Å²) in [6.45, 7) is 4.14. The summed E-state index contributed by atoms with van der Waals surface area (Å²) in [5.74, 6) is 0.481. The maximum atomic E-state index is 11.9. The Bertz CT molecular complexity index is 528.